The van der Waals surface area contributed by atoms with Gasteiger partial charge < -0.3 is 4.90 Å². The lowest BCUT2D eigenvalue weighted by molar-refractivity contribution is -0.387. The van der Waals surface area contributed by atoms with Crippen LogP contribution in [0.4, 0.5) is 5.69 Å². The summed E-state index contributed by atoms with van der Waals surface area (Å²) in [6.07, 6.45) is 0.313. The second kappa shape index (κ2) is 8.53. The lowest BCUT2D eigenvalue weighted by Gasteiger charge is -2.36. The molecule has 0 unspecified atom stereocenters. The average molecular weight is 432 g/mol. The maximum absolute atomic E-state index is 12.9. The SMILES string of the molecule is CC(C)(CC(=O)N1CCN(S(=O)(=O)c2ccccc2[N+](=O)[O-])CC1)c1ccccc1. The van der Waals surface area contributed by atoms with Crippen LogP contribution in [0.25, 0.3) is 0 Å². The first-order chi connectivity index (χ1) is 14.1. The summed E-state index contributed by atoms with van der Waals surface area (Å²) in [6.45, 7) is 4.73. The van der Waals surface area contributed by atoms with E-state index in [1.165, 1.54) is 28.6 Å². The average Bonchev–Trinajstić information content (AvgIpc) is 2.74. The number of piperazine rings is 1. The molecule has 3 rings (SSSR count). The molecule has 2 aromatic carbocycles. The Hall–Kier alpha value is -2.78. The number of amides is 1. The summed E-state index contributed by atoms with van der Waals surface area (Å²) in [7, 11) is -4.01. The molecule has 1 heterocycles. The highest BCUT2D eigenvalue weighted by molar-refractivity contribution is 7.89. The second-order valence-electron chi connectivity index (χ2n) is 7.94. The third-order valence-electron chi connectivity index (χ3n) is 5.42. The van der Waals surface area contributed by atoms with Crippen molar-refractivity contribution < 1.29 is 18.1 Å². The van der Waals surface area contributed by atoms with Crippen LogP contribution in [-0.2, 0) is 20.2 Å². The summed E-state index contributed by atoms with van der Waals surface area (Å²) in [4.78, 5) is 24.7. The van der Waals surface area contributed by atoms with Crippen molar-refractivity contribution in [3.05, 3.63) is 70.3 Å². The number of benzene rings is 2. The third-order valence-corrected chi connectivity index (χ3v) is 7.37. The molecular weight excluding hydrogens is 406 g/mol. The highest BCUT2D eigenvalue weighted by Crippen LogP contribution is 2.29. The Morgan fingerprint density at radius 1 is 1.00 bits per heavy atom. The van der Waals surface area contributed by atoms with Crippen molar-refractivity contribution in [2.45, 2.75) is 30.6 Å². The highest BCUT2D eigenvalue weighted by atomic mass is 32.2. The van der Waals surface area contributed by atoms with Gasteiger partial charge in [0.25, 0.3) is 5.69 Å². The molecule has 1 aliphatic heterocycles. The number of para-hydroxylation sites is 1. The number of carbonyl (C=O) groups is 1. The van der Waals surface area contributed by atoms with Gasteiger partial charge in [0.1, 0.15) is 0 Å². The molecule has 0 saturated carbocycles. The summed E-state index contributed by atoms with van der Waals surface area (Å²) in [5, 5.41) is 11.2. The Bertz CT molecular complexity index is 1030. The predicted octanol–water partition coefficient (Wildman–Crippen LogP) is 2.80. The van der Waals surface area contributed by atoms with E-state index in [-0.39, 0.29) is 42.4 Å². The highest BCUT2D eigenvalue weighted by Gasteiger charge is 2.35. The molecule has 0 radical (unpaired) electrons. The van der Waals surface area contributed by atoms with Crippen LogP contribution in [0.15, 0.2) is 59.5 Å². The standard InChI is InChI=1S/C21H25N3O5S/c1-21(2,17-8-4-3-5-9-17)16-20(25)22-12-14-23(15-13-22)30(28,29)19-11-7-6-10-18(19)24(26)27/h3-11H,12-16H2,1-2H3. The molecule has 1 aliphatic rings. The smallest absolute Gasteiger partial charge is 0.289 e. The Labute approximate surface area is 176 Å². The molecule has 30 heavy (non-hydrogen) atoms. The van der Waals surface area contributed by atoms with Crippen molar-refractivity contribution in [1.29, 1.82) is 0 Å². The molecule has 0 aromatic heterocycles. The number of nitro groups is 1. The van der Waals surface area contributed by atoms with E-state index in [0.717, 1.165) is 5.56 Å². The number of carbonyl (C=O) groups excluding carboxylic acids is 1. The van der Waals surface area contributed by atoms with Gasteiger partial charge in [-0.25, -0.2) is 8.42 Å². The normalized spacial score (nSPS) is 15.7. The first-order valence-electron chi connectivity index (χ1n) is 9.70. The van der Waals surface area contributed by atoms with E-state index in [1.807, 2.05) is 44.2 Å². The molecule has 1 saturated heterocycles. The largest absolute Gasteiger partial charge is 0.340 e. The Kier molecular flexibility index (Phi) is 6.23. The van der Waals surface area contributed by atoms with Gasteiger partial charge in [-0.1, -0.05) is 56.3 Å². The molecule has 1 fully saturated rings. The van der Waals surface area contributed by atoms with Crippen LogP contribution in [0, 0.1) is 10.1 Å². The molecular formula is C21H25N3O5S. The van der Waals surface area contributed by atoms with E-state index in [9.17, 15) is 23.3 Å². The van der Waals surface area contributed by atoms with Crippen molar-refractivity contribution in [2.24, 2.45) is 0 Å². The van der Waals surface area contributed by atoms with Crippen molar-refractivity contribution in [2.75, 3.05) is 26.2 Å². The van der Waals surface area contributed by atoms with Crippen molar-refractivity contribution in [1.82, 2.24) is 9.21 Å². The molecule has 160 valence electrons. The Balaban J connectivity index is 1.67. The van der Waals surface area contributed by atoms with Crippen molar-refractivity contribution >= 4 is 21.6 Å². The first kappa shape index (κ1) is 21.9. The van der Waals surface area contributed by atoms with E-state index in [0.29, 0.717) is 6.42 Å². The first-order valence-corrected chi connectivity index (χ1v) is 11.1. The summed E-state index contributed by atoms with van der Waals surface area (Å²) in [6, 6.07) is 15.1. The zero-order valence-corrected chi connectivity index (χ0v) is 17.8. The van der Waals surface area contributed by atoms with Crippen LogP contribution >= 0.6 is 0 Å². The van der Waals surface area contributed by atoms with Crippen LogP contribution in [0.1, 0.15) is 25.8 Å². The van der Waals surface area contributed by atoms with E-state index < -0.39 is 20.6 Å². The number of hydrogen-bond donors (Lipinski definition) is 0. The third kappa shape index (κ3) is 4.52. The molecule has 0 N–H and O–H groups in total. The molecule has 8 nitrogen and oxygen atoms in total. The van der Waals surface area contributed by atoms with Crippen LogP contribution in [0.5, 0.6) is 0 Å². The minimum absolute atomic E-state index is 0.0356. The van der Waals surface area contributed by atoms with Crippen molar-refractivity contribution in [3.63, 3.8) is 0 Å². The Morgan fingerprint density at radius 3 is 2.17 bits per heavy atom. The fourth-order valence-electron chi connectivity index (χ4n) is 3.62. The predicted molar refractivity (Wildman–Crippen MR) is 113 cm³/mol. The van der Waals surface area contributed by atoms with Gasteiger partial charge in [-0.2, -0.15) is 4.31 Å². The summed E-state index contributed by atoms with van der Waals surface area (Å²) in [5.74, 6) is -0.0356. The van der Waals surface area contributed by atoms with Crippen molar-refractivity contribution in [3.8, 4) is 0 Å². The zero-order chi connectivity index (χ0) is 21.9. The Morgan fingerprint density at radius 2 is 1.57 bits per heavy atom. The lowest BCUT2D eigenvalue weighted by Crippen LogP contribution is -2.51. The van der Waals surface area contributed by atoms with Gasteiger partial charge in [-0.05, 0) is 17.0 Å². The molecule has 2 aromatic rings. The fraction of sp³-hybridized carbons (Fsp3) is 0.381. The van der Waals surface area contributed by atoms with Gasteiger partial charge in [-0.15, -0.1) is 0 Å². The minimum Gasteiger partial charge on any atom is -0.340 e. The molecule has 1 amide bonds. The minimum atomic E-state index is -4.01. The van der Waals surface area contributed by atoms with Crippen LogP contribution < -0.4 is 0 Å². The number of rotatable bonds is 6. The van der Waals surface area contributed by atoms with Gasteiger partial charge in [0.2, 0.25) is 15.9 Å². The number of nitrogens with zero attached hydrogens (tertiary/aromatic N) is 3. The molecule has 9 heteroatoms. The molecule has 0 atom stereocenters. The molecule has 0 bridgehead atoms. The quantitative estimate of drug-likeness (QED) is 0.517. The maximum Gasteiger partial charge on any atom is 0.289 e. The second-order valence-corrected chi connectivity index (χ2v) is 9.84. The van der Waals surface area contributed by atoms with Gasteiger partial charge in [0.15, 0.2) is 4.90 Å². The topological polar surface area (TPSA) is 101 Å². The van der Waals surface area contributed by atoms with Crippen LogP contribution in [0.3, 0.4) is 0 Å². The van der Waals surface area contributed by atoms with E-state index in [2.05, 4.69) is 0 Å². The number of sulfonamides is 1. The molecule has 0 aliphatic carbocycles. The van der Waals surface area contributed by atoms with Crippen LogP contribution in [-0.4, -0.2) is 54.6 Å². The van der Waals surface area contributed by atoms with Gasteiger partial charge in [0.05, 0.1) is 4.92 Å². The van der Waals surface area contributed by atoms with Crippen LogP contribution in [0.2, 0.25) is 0 Å². The van der Waals surface area contributed by atoms with E-state index >= 15 is 0 Å². The number of hydrogen-bond acceptors (Lipinski definition) is 5. The maximum atomic E-state index is 12.9. The summed E-state index contributed by atoms with van der Waals surface area (Å²) < 4.78 is 27.1. The molecule has 0 spiro atoms. The van der Waals surface area contributed by atoms with Gasteiger partial charge >= 0.3 is 0 Å². The number of nitro benzene ring substituents is 1. The van der Waals surface area contributed by atoms with E-state index in [4.69, 9.17) is 0 Å². The zero-order valence-electron chi connectivity index (χ0n) is 17.0. The lowest BCUT2D eigenvalue weighted by atomic mass is 9.81. The fourth-order valence-corrected chi connectivity index (χ4v) is 5.20. The summed E-state index contributed by atoms with van der Waals surface area (Å²) in [5.41, 5.74) is 0.281. The monoisotopic (exact) mass is 431 g/mol. The summed E-state index contributed by atoms with van der Waals surface area (Å²) >= 11 is 0. The van der Waals surface area contributed by atoms with Gasteiger partial charge in [0, 0.05) is 38.7 Å². The van der Waals surface area contributed by atoms with Gasteiger partial charge in [-0.3, -0.25) is 14.9 Å². The van der Waals surface area contributed by atoms with E-state index in [1.54, 1.807) is 4.90 Å².